The first-order valence-corrected chi connectivity index (χ1v) is 11.3. The second kappa shape index (κ2) is 9.16. The van der Waals surface area contributed by atoms with E-state index >= 15 is 0 Å². The van der Waals surface area contributed by atoms with E-state index in [0.717, 1.165) is 82.7 Å². The Bertz CT molecular complexity index is 717. The van der Waals surface area contributed by atoms with Crippen LogP contribution in [0, 0.1) is 5.92 Å². The maximum absolute atomic E-state index is 13.2. The van der Waals surface area contributed by atoms with Crippen LogP contribution in [-0.2, 0) is 4.79 Å². The summed E-state index contributed by atoms with van der Waals surface area (Å²) in [6.07, 6.45) is 5.17. The first-order chi connectivity index (χ1) is 14.2. The highest BCUT2D eigenvalue weighted by molar-refractivity contribution is 6.00. The van der Waals surface area contributed by atoms with Gasteiger partial charge in [-0.2, -0.15) is 0 Å². The predicted molar refractivity (Wildman–Crippen MR) is 115 cm³/mol. The Balaban J connectivity index is 1.36. The Morgan fingerprint density at radius 2 is 1.66 bits per heavy atom. The SMILES string of the molecule is CCN1CCN(C(=O)c2ccccc2N2CCC(NC(=O)C3CCC3)CC2)CC1. The lowest BCUT2D eigenvalue weighted by Crippen LogP contribution is -2.49. The van der Waals surface area contributed by atoms with Gasteiger partial charge >= 0.3 is 0 Å². The van der Waals surface area contributed by atoms with Crippen LogP contribution in [0.3, 0.4) is 0 Å². The highest BCUT2D eigenvalue weighted by Gasteiger charge is 2.30. The van der Waals surface area contributed by atoms with Crippen molar-refractivity contribution in [2.75, 3.05) is 50.7 Å². The smallest absolute Gasteiger partial charge is 0.256 e. The molecule has 1 saturated carbocycles. The number of amides is 2. The fourth-order valence-electron chi connectivity index (χ4n) is 4.62. The van der Waals surface area contributed by atoms with Gasteiger partial charge in [0.15, 0.2) is 0 Å². The number of nitrogens with one attached hydrogen (secondary N) is 1. The van der Waals surface area contributed by atoms with Crippen LogP contribution in [0.25, 0.3) is 0 Å². The van der Waals surface area contributed by atoms with Gasteiger partial charge in [-0.05, 0) is 44.4 Å². The van der Waals surface area contributed by atoms with Crippen molar-refractivity contribution in [3.8, 4) is 0 Å². The number of anilines is 1. The van der Waals surface area contributed by atoms with E-state index in [1.807, 2.05) is 23.1 Å². The summed E-state index contributed by atoms with van der Waals surface area (Å²) in [7, 11) is 0. The minimum Gasteiger partial charge on any atom is -0.371 e. The number of piperidine rings is 1. The molecule has 0 aromatic heterocycles. The highest BCUT2D eigenvalue weighted by Crippen LogP contribution is 2.28. The normalized spacial score (nSPS) is 21.7. The molecule has 2 saturated heterocycles. The molecule has 0 radical (unpaired) electrons. The van der Waals surface area contributed by atoms with E-state index in [0.29, 0.717) is 0 Å². The molecule has 0 bridgehead atoms. The fourth-order valence-corrected chi connectivity index (χ4v) is 4.62. The van der Waals surface area contributed by atoms with Gasteiger partial charge in [0.2, 0.25) is 5.91 Å². The number of para-hydroxylation sites is 1. The number of hydrogen-bond acceptors (Lipinski definition) is 4. The first-order valence-electron chi connectivity index (χ1n) is 11.3. The fraction of sp³-hybridized carbons (Fsp3) is 0.652. The lowest BCUT2D eigenvalue weighted by molar-refractivity contribution is -0.128. The van der Waals surface area contributed by atoms with Gasteiger partial charge in [0.25, 0.3) is 5.91 Å². The molecule has 1 N–H and O–H groups in total. The van der Waals surface area contributed by atoms with Crippen LogP contribution < -0.4 is 10.2 Å². The Morgan fingerprint density at radius 3 is 2.28 bits per heavy atom. The number of rotatable bonds is 5. The number of carbonyl (C=O) groups is 2. The molecular weight excluding hydrogens is 364 g/mol. The van der Waals surface area contributed by atoms with Crippen LogP contribution in [-0.4, -0.2) is 73.5 Å². The highest BCUT2D eigenvalue weighted by atomic mass is 16.2. The number of piperazine rings is 1. The van der Waals surface area contributed by atoms with E-state index in [9.17, 15) is 9.59 Å². The number of likely N-dealkylation sites (N-methyl/N-ethyl adjacent to an activating group) is 1. The second-order valence-corrected chi connectivity index (χ2v) is 8.64. The van der Waals surface area contributed by atoms with Gasteiger partial charge in [-0.25, -0.2) is 0 Å². The van der Waals surface area contributed by atoms with E-state index in [2.05, 4.69) is 28.1 Å². The number of hydrogen-bond donors (Lipinski definition) is 1. The molecule has 158 valence electrons. The largest absolute Gasteiger partial charge is 0.371 e. The number of nitrogens with zero attached hydrogens (tertiary/aromatic N) is 3. The second-order valence-electron chi connectivity index (χ2n) is 8.64. The summed E-state index contributed by atoms with van der Waals surface area (Å²) in [5.74, 6) is 0.646. The molecule has 3 fully saturated rings. The molecule has 4 rings (SSSR count). The van der Waals surface area contributed by atoms with Gasteiger partial charge in [0.05, 0.1) is 5.56 Å². The summed E-state index contributed by atoms with van der Waals surface area (Å²) in [5, 5.41) is 3.25. The molecule has 2 heterocycles. The van der Waals surface area contributed by atoms with Crippen molar-refractivity contribution < 1.29 is 9.59 Å². The zero-order valence-corrected chi connectivity index (χ0v) is 17.6. The van der Waals surface area contributed by atoms with E-state index in [-0.39, 0.29) is 23.8 Å². The molecule has 1 aromatic rings. The van der Waals surface area contributed by atoms with Gasteiger partial charge in [-0.3, -0.25) is 9.59 Å². The van der Waals surface area contributed by atoms with Crippen LogP contribution in [0.1, 0.15) is 49.4 Å². The summed E-state index contributed by atoms with van der Waals surface area (Å²) in [6, 6.07) is 8.29. The lowest BCUT2D eigenvalue weighted by Gasteiger charge is -2.37. The maximum atomic E-state index is 13.2. The van der Waals surface area contributed by atoms with Crippen LogP contribution in [0.15, 0.2) is 24.3 Å². The molecule has 1 aliphatic carbocycles. The minimum atomic E-state index is 0.150. The van der Waals surface area contributed by atoms with Crippen molar-refractivity contribution in [1.82, 2.24) is 15.1 Å². The predicted octanol–water partition coefficient (Wildman–Crippen LogP) is 2.35. The van der Waals surface area contributed by atoms with Gasteiger partial charge < -0.3 is 20.0 Å². The summed E-state index contributed by atoms with van der Waals surface area (Å²) >= 11 is 0. The topological polar surface area (TPSA) is 55.9 Å². The molecule has 0 atom stereocenters. The molecule has 6 heteroatoms. The molecule has 3 aliphatic rings. The molecule has 1 aromatic carbocycles. The molecule has 2 aliphatic heterocycles. The summed E-state index contributed by atoms with van der Waals surface area (Å²) in [4.78, 5) is 32.1. The summed E-state index contributed by atoms with van der Waals surface area (Å²) in [6.45, 7) is 8.49. The number of benzene rings is 1. The van der Waals surface area contributed by atoms with Crippen LogP contribution >= 0.6 is 0 Å². The van der Waals surface area contributed by atoms with Crippen molar-refractivity contribution in [2.45, 2.75) is 45.1 Å². The van der Waals surface area contributed by atoms with Gasteiger partial charge in [-0.15, -0.1) is 0 Å². The van der Waals surface area contributed by atoms with Gasteiger partial charge in [-0.1, -0.05) is 25.5 Å². The van der Waals surface area contributed by atoms with Crippen LogP contribution in [0.4, 0.5) is 5.69 Å². The third-order valence-electron chi connectivity index (χ3n) is 6.90. The van der Waals surface area contributed by atoms with Gasteiger partial charge in [0.1, 0.15) is 0 Å². The van der Waals surface area contributed by atoms with Gasteiger partial charge in [0, 0.05) is 56.9 Å². The molecular formula is C23H34N4O2. The Kier molecular flexibility index (Phi) is 6.38. The van der Waals surface area contributed by atoms with Crippen molar-refractivity contribution in [2.24, 2.45) is 5.92 Å². The zero-order valence-electron chi connectivity index (χ0n) is 17.6. The lowest BCUT2D eigenvalue weighted by atomic mass is 9.84. The van der Waals surface area contributed by atoms with E-state index in [4.69, 9.17) is 0 Å². The standard InChI is InChI=1S/C23H34N4O2/c1-2-25-14-16-27(17-15-25)23(29)20-8-3-4-9-21(20)26-12-10-19(11-13-26)24-22(28)18-6-5-7-18/h3-4,8-9,18-19H,2,5-7,10-17H2,1H3,(H,24,28). The van der Waals surface area contributed by atoms with Crippen molar-refractivity contribution in [3.63, 3.8) is 0 Å². The van der Waals surface area contributed by atoms with E-state index in [1.165, 1.54) is 6.42 Å². The molecule has 6 nitrogen and oxygen atoms in total. The first kappa shape index (κ1) is 20.2. The number of carbonyl (C=O) groups excluding carboxylic acids is 2. The monoisotopic (exact) mass is 398 g/mol. The van der Waals surface area contributed by atoms with Crippen LogP contribution in [0.5, 0.6) is 0 Å². The minimum absolute atomic E-state index is 0.150. The quantitative estimate of drug-likeness (QED) is 0.827. The van der Waals surface area contributed by atoms with E-state index in [1.54, 1.807) is 0 Å². The molecule has 0 spiro atoms. The van der Waals surface area contributed by atoms with Crippen molar-refractivity contribution in [3.05, 3.63) is 29.8 Å². The third-order valence-corrected chi connectivity index (χ3v) is 6.90. The van der Waals surface area contributed by atoms with Crippen molar-refractivity contribution in [1.29, 1.82) is 0 Å². The average Bonchev–Trinajstić information content (AvgIpc) is 2.72. The van der Waals surface area contributed by atoms with Crippen molar-refractivity contribution >= 4 is 17.5 Å². The molecule has 29 heavy (non-hydrogen) atoms. The Labute approximate surface area is 174 Å². The molecule has 2 amide bonds. The zero-order chi connectivity index (χ0) is 20.2. The maximum Gasteiger partial charge on any atom is 0.256 e. The van der Waals surface area contributed by atoms with E-state index < -0.39 is 0 Å². The summed E-state index contributed by atoms with van der Waals surface area (Å²) in [5.41, 5.74) is 1.86. The summed E-state index contributed by atoms with van der Waals surface area (Å²) < 4.78 is 0. The third kappa shape index (κ3) is 4.58. The molecule has 0 unspecified atom stereocenters. The Morgan fingerprint density at radius 1 is 0.966 bits per heavy atom. The van der Waals surface area contributed by atoms with Crippen LogP contribution in [0.2, 0.25) is 0 Å². The Hall–Kier alpha value is -2.08. The average molecular weight is 399 g/mol.